The number of nitrogen functional groups attached to an aromatic ring is 1. The minimum absolute atomic E-state index is 0.102. The Kier molecular flexibility index (Phi) is 3.35. The van der Waals surface area contributed by atoms with Gasteiger partial charge in [0.2, 0.25) is 0 Å². The lowest BCUT2D eigenvalue weighted by Gasteiger charge is -2.09. The number of rotatable bonds is 2. The normalized spacial score (nSPS) is 9.83. The first kappa shape index (κ1) is 12.2. The van der Waals surface area contributed by atoms with Gasteiger partial charge in [0, 0.05) is 11.8 Å². The standard InChI is InChI=1S/C13H8ClFN2O/c14-10-5-4-8(17)6-13(10)18-12-3-1-2-11(15)9(12)7-16/h1-6H,17H2. The van der Waals surface area contributed by atoms with Gasteiger partial charge in [-0.25, -0.2) is 4.39 Å². The van der Waals surface area contributed by atoms with E-state index in [-0.39, 0.29) is 17.1 Å². The van der Waals surface area contributed by atoms with Crippen molar-refractivity contribution in [2.45, 2.75) is 0 Å². The number of nitrogens with two attached hydrogens (primary N) is 1. The average Bonchev–Trinajstić information content (AvgIpc) is 2.34. The highest BCUT2D eigenvalue weighted by Crippen LogP contribution is 2.33. The maximum Gasteiger partial charge on any atom is 0.148 e. The molecule has 0 radical (unpaired) electrons. The first-order chi connectivity index (χ1) is 8.61. The maximum atomic E-state index is 13.4. The number of anilines is 1. The quantitative estimate of drug-likeness (QED) is 0.839. The second-order valence-corrected chi connectivity index (χ2v) is 3.92. The molecule has 3 nitrogen and oxygen atoms in total. The van der Waals surface area contributed by atoms with Crippen molar-refractivity contribution in [1.29, 1.82) is 5.26 Å². The lowest BCUT2D eigenvalue weighted by molar-refractivity contribution is 0.475. The summed E-state index contributed by atoms with van der Waals surface area (Å²) >= 11 is 5.92. The van der Waals surface area contributed by atoms with Crippen LogP contribution in [-0.2, 0) is 0 Å². The molecule has 90 valence electrons. The van der Waals surface area contributed by atoms with Gasteiger partial charge in [0.05, 0.1) is 5.02 Å². The number of nitriles is 1. The molecule has 0 unspecified atom stereocenters. The van der Waals surface area contributed by atoms with Gasteiger partial charge in [-0.15, -0.1) is 0 Å². The Morgan fingerprint density at radius 1 is 1.22 bits per heavy atom. The summed E-state index contributed by atoms with van der Waals surface area (Å²) in [5.74, 6) is -0.265. The Labute approximate surface area is 108 Å². The molecule has 0 spiro atoms. The zero-order valence-electron chi connectivity index (χ0n) is 9.15. The summed E-state index contributed by atoms with van der Waals surface area (Å²) in [7, 11) is 0. The minimum Gasteiger partial charge on any atom is -0.454 e. The van der Waals surface area contributed by atoms with E-state index in [0.29, 0.717) is 10.7 Å². The average molecular weight is 263 g/mol. The van der Waals surface area contributed by atoms with E-state index in [1.807, 2.05) is 0 Å². The third-order valence-corrected chi connectivity index (χ3v) is 2.57. The zero-order chi connectivity index (χ0) is 13.1. The van der Waals surface area contributed by atoms with Crippen molar-refractivity contribution in [1.82, 2.24) is 0 Å². The van der Waals surface area contributed by atoms with E-state index < -0.39 is 5.82 Å². The number of hydrogen-bond donors (Lipinski definition) is 1. The molecule has 2 rings (SSSR count). The number of benzene rings is 2. The highest BCUT2D eigenvalue weighted by atomic mass is 35.5. The monoisotopic (exact) mass is 262 g/mol. The first-order valence-corrected chi connectivity index (χ1v) is 5.41. The SMILES string of the molecule is N#Cc1c(F)cccc1Oc1cc(N)ccc1Cl. The van der Waals surface area contributed by atoms with Crippen molar-refractivity contribution < 1.29 is 9.13 Å². The van der Waals surface area contributed by atoms with Gasteiger partial charge in [0.25, 0.3) is 0 Å². The van der Waals surface area contributed by atoms with E-state index in [4.69, 9.17) is 27.3 Å². The van der Waals surface area contributed by atoms with E-state index >= 15 is 0 Å². The van der Waals surface area contributed by atoms with Crippen molar-refractivity contribution in [3.8, 4) is 17.6 Å². The van der Waals surface area contributed by atoms with Crippen LogP contribution in [0.15, 0.2) is 36.4 Å². The van der Waals surface area contributed by atoms with Crippen molar-refractivity contribution in [2.24, 2.45) is 0 Å². The molecule has 0 aliphatic rings. The van der Waals surface area contributed by atoms with Crippen LogP contribution >= 0.6 is 11.6 Å². The predicted molar refractivity (Wildman–Crippen MR) is 67.1 cm³/mol. The molecule has 2 N–H and O–H groups in total. The molecule has 2 aromatic rings. The van der Waals surface area contributed by atoms with E-state index in [2.05, 4.69) is 0 Å². The fourth-order valence-electron chi connectivity index (χ4n) is 1.41. The van der Waals surface area contributed by atoms with Gasteiger partial charge in [0.15, 0.2) is 0 Å². The van der Waals surface area contributed by atoms with Gasteiger partial charge in [-0.2, -0.15) is 5.26 Å². The summed E-state index contributed by atoms with van der Waals surface area (Å²) in [6.45, 7) is 0. The van der Waals surface area contributed by atoms with Gasteiger partial charge < -0.3 is 10.5 Å². The molecule has 0 fully saturated rings. The van der Waals surface area contributed by atoms with Crippen molar-refractivity contribution in [3.05, 3.63) is 52.8 Å². The summed E-state index contributed by atoms with van der Waals surface area (Å²) in [5, 5.41) is 9.20. The summed E-state index contributed by atoms with van der Waals surface area (Å²) in [4.78, 5) is 0. The second-order valence-electron chi connectivity index (χ2n) is 3.52. The van der Waals surface area contributed by atoms with Crippen molar-refractivity contribution in [2.75, 3.05) is 5.73 Å². The molecule has 2 aromatic carbocycles. The van der Waals surface area contributed by atoms with Gasteiger partial charge >= 0.3 is 0 Å². The minimum atomic E-state index is -0.643. The summed E-state index contributed by atoms with van der Waals surface area (Å²) < 4.78 is 18.8. The van der Waals surface area contributed by atoms with E-state index in [1.165, 1.54) is 24.3 Å². The molecule has 0 saturated carbocycles. The van der Waals surface area contributed by atoms with Crippen LogP contribution in [0.1, 0.15) is 5.56 Å². The van der Waals surface area contributed by atoms with Crippen LogP contribution in [0.3, 0.4) is 0 Å². The van der Waals surface area contributed by atoms with Crippen LogP contribution in [-0.4, -0.2) is 0 Å². The highest BCUT2D eigenvalue weighted by Gasteiger charge is 2.11. The fraction of sp³-hybridized carbons (Fsp3) is 0. The van der Waals surface area contributed by atoms with Gasteiger partial charge in [-0.3, -0.25) is 0 Å². The smallest absolute Gasteiger partial charge is 0.148 e. The fourth-order valence-corrected chi connectivity index (χ4v) is 1.57. The Hall–Kier alpha value is -2.25. The summed E-state index contributed by atoms with van der Waals surface area (Å²) in [6, 6.07) is 10.6. The van der Waals surface area contributed by atoms with E-state index in [9.17, 15) is 4.39 Å². The summed E-state index contributed by atoms with van der Waals surface area (Å²) in [6.07, 6.45) is 0. The molecule has 0 heterocycles. The number of hydrogen-bond acceptors (Lipinski definition) is 3. The predicted octanol–water partition coefficient (Wildman–Crippen LogP) is 3.73. The molecule has 0 aliphatic carbocycles. The third-order valence-electron chi connectivity index (χ3n) is 2.26. The molecular formula is C13H8ClFN2O. The van der Waals surface area contributed by atoms with E-state index in [1.54, 1.807) is 18.2 Å². The zero-order valence-corrected chi connectivity index (χ0v) is 9.91. The van der Waals surface area contributed by atoms with Crippen LogP contribution in [0.2, 0.25) is 5.02 Å². The molecule has 0 aliphatic heterocycles. The lowest BCUT2D eigenvalue weighted by atomic mass is 10.2. The van der Waals surface area contributed by atoms with Crippen LogP contribution in [0.5, 0.6) is 11.5 Å². The Bertz CT molecular complexity index is 637. The Morgan fingerprint density at radius 2 is 2.00 bits per heavy atom. The van der Waals surface area contributed by atoms with Crippen LogP contribution in [0, 0.1) is 17.1 Å². The Morgan fingerprint density at radius 3 is 2.72 bits per heavy atom. The third kappa shape index (κ3) is 2.36. The second kappa shape index (κ2) is 4.94. The van der Waals surface area contributed by atoms with Crippen LogP contribution in [0.25, 0.3) is 0 Å². The molecular weight excluding hydrogens is 255 g/mol. The molecule has 18 heavy (non-hydrogen) atoms. The number of nitrogens with zero attached hydrogens (tertiary/aromatic N) is 1. The van der Waals surface area contributed by atoms with E-state index in [0.717, 1.165) is 0 Å². The molecule has 0 amide bonds. The number of ether oxygens (including phenoxy) is 1. The maximum absolute atomic E-state index is 13.4. The van der Waals surface area contributed by atoms with Crippen LogP contribution in [0.4, 0.5) is 10.1 Å². The molecule has 0 bridgehead atoms. The lowest BCUT2D eigenvalue weighted by Crippen LogP contribution is -1.93. The van der Waals surface area contributed by atoms with Gasteiger partial charge in [0.1, 0.15) is 28.9 Å². The van der Waals surface area contributed by atoms with Crippen LogP contribution < -0.4 is 10.5 Å². The highest BCUT2D eigenvalue weighted by molar-refractivity contribution is 6.32. The molecule has 5 heteroatoms. The van der Waals surface area contributed by atoms with Crippen molar-refractivity contribution in [3.63, 3.8) is 0 Å². The molecule has 0 saturated heterocycles. The van der Waals surface area contributed by atoms with Gasteiger partial charge in [-0.1, -0.05) is 17.7 Å². The number of halogens is 2. The Balaban J connectivity index is 2.44. The summed E-state index contributed by atoms with van der Waals surface area (Å²) in [5.41, 5.74) is 5.90. The first-order valence-electron chi connectivity index (χ1n) is 5.03. The topological polar surface area (TPSA) is 59.0 Å². The molecule has 0 aromatic heterocycles. The van der Waals surface area contributed by atoms with Crippen molar-refractivity contribution >= 4 is 17.3 Å². The largest absolute Gasteiger partial charge is 0.454 e. The molecule has 0 atom stereocenters. The van der Waals surface area contributed by atoms with Gasteiger partial charge in [-0.05, 0) is 24.3 Å².